The molecular formula is C7H6F3N3O3S. The van der Waals surface area contributed by atoms with Crippen LogP contribution in [0.2, 0.25) is 0 Å². The van der Waals surface area contributed by atoms with Crippen LogP contribution in [0.15, 0.2) is 6.20 Å². The second-order valence-corrected chi connectivity index (χ2v) is 3.52. The third-order valence-corrected chi connectivity index (χ3v) is 2.20. The molecule has 0 radical (unpaired) electrons. The third kappa shape index (κ3) is 3.98. The number of aliphatic carboxylic acids is 1. The lowest BCUT2D eigenvalue weighted by Gasteiger charge is -2.14. The summed E-state index contributed by atoms with van der Waals surface area (Å²) in [6.07, 6.45) is -4.25. The Morgan fingerprint density at radius 2 is 2.18 bits per heavy atom. The fourth-order valence-corrected chi connectivity index (χ4v) is 1.37. The number of aromatic nitrogens is 2. The van der Waals surface area contributed by atoms with E-state index in [-0.39, 0.29) is 12.1 Å². The fourth-order valence-electron chi connectivity index (χ4n) is 0.923. The summed E-state index contributed by atoms with van der Waals surface area (Å²) in [6.45, 7) is 0. The molecule has 0 spiro atoms. The van der Waals surface area contributed by atoms with E-state index in [9.17, 15) is 22.8 Å². The Bertz CT molecular complexity index is 406. The second kappa shape index (κ2) is 5.08. The summed E-state index contributed by atoms with van der Waals surface area (Å²) in [6, 6.07) is -1.69. The van der Waals surface area contributed by atoms with Crippen LogP contribution in [-0.4, -0.2) is 37.9 Å². The Balaban J connectivity index is 2.68. The SMILES string of the molecule is O=C(O)C(Cc1cnsn1)NC(=O)C(F)(F)F. The van der Waals surface area contributed by atoms with Gasteiger partial charge in [-0.15, -0.1) is 0 Å². The molecule has 0 aromatic carbocycles. The normalized spacial score (nSPS) is 13.1. The molecule has 94 valence electrons. The third-order valence-electron chi connectivity index (χ3n) is 1.68. The van der Waals surface area contributed by atoms with Crippen LogP contribution >= 0.6 is 11.7 Å². The second-order valence-electron chi connectivity index (χ2n) is 2.96. The van der Waals surface area contributed by atoms with Crippen LogP contribution in [0.5, 0.6) is 0 Å². The van der Waals surface area contributed by atoms with Gasteiger partial charge in [-0.2, -0.15) is 21.9 Å². The molecule has 0 bridgehead atoms. The lowest BCUT2D eigenvalue weighted by atomic mass is 10.1. The van der Waals surface area contributed by atoms with E-state index in [0.29, 0.717) is 0 Å². The van der Waals surface area contributed by atoms with Crippen LogP contribution < -0.4 is 5.32 Å². The minimum atomic E-state index is -5.12. The number of alkyl halides is 3. The average Bonchev–Trinajstić information content (AvgIpc) is 2.67. The van der Waals surface area contributed by atoms with Gasteiger partial charge in [0, 0.05) is 6.42 Å². The molecule has 1 heterocycles. The fraction of sp³-hybridized carbons (Fsp3) is 0.429. The van der Waals surface area contributed by atoms with Crippen molar-refractivity contribution in [2.24, 2.45) is 0 Å². The number of hydrogen-bond donors (Lipinski definition) is 2. The van der Waals surface area contributed by atoms with E-state index in [0.717, 1.165) is 11.7 Å². The predicted molar refractivity (Wildman–Crippen MR) is 49.2 cm³/mol. The van der Waals surface area contributed by atoms with Gasteiger partial charge >= 0.3 is 18.1 Å². The quantitative estimate of drug-likeness (QED) is 0.815. The van der Waals surface area contributed by atoms with Crippen molar-refractivity contribution in [1.82, 2.24) is 14.1 Å². The van der Waals surface area contributed by atoms with E-state index in [2.05, 4.69) is 8.75 Å². The summed E-state index contributed by atoms with van der Waals surface area (Å²) in [7, 11) is 0. The van der Waals surface area contributed by atoms with Gasteiger partial charge in [0.2, 0.25) is 0 Å². The molecule has 17 heavy (non-hydrogen) atoms. The van der Waals surface area contributed by atoms with E-state index in [1.807, 2.05) is 0 Å². The number of amides is 1. The van der Waals surface area contributed by atoms with Crippen molar-refractivity contribution in [2.75, 3.05) is 0 Å². The molecule has 0 fully saturated rings. The zero-order valence-corrected chi connectivity index (χ0v) is 8.88. The van der Waals surface area contributed by atoms with Crippen molar-refractivity contribution in [3.05, 3.63) is 11.9 Å². The van der Waals surface area contributed by atoms with Gasteiger partial charge in [0.05, 0.1) is 23.6 Å². The van der Waals surface area contributed by atoms with Gasteiger partial charge in [-0.05, 0) is 0 Å². The molecule has 1 atom stereocenters. The molecule has 1 unspecified atom stereocenters. The molecule has 0 saturated carbocycles. The van der Waals surface area contributed by atoms with E-state index in [1.54, 1.807) is 0 Å². The smallest absolute Gasteiger partial charge is 0.471 e. The molecule has 0 saturated heterocycles. The maximum absolute atomic E-state index is 11.9. The monoisotopic (exact) mass is 269 g/mol. The maximum atomic E-state index is 11.9. The van der Waals surface area contributed by atoms with Gasteiger partial charge in [-0.3, -0.25) is 4.79 Å². The van der Waals surface area contributed by atoms with Crippen molar-refractivity contribution in [3.63, 3.8) is 0 Å². The summed E-state index contributed by atoms with van der Waals surface area (Å²) in [5.74, 6) is -3.87. The average molecular weight is 269 g/mol. The Hall–Kier alpha value is -1.71. The van der Waals surface area contributed by atoms with Gasteiger partial charge in [-0.1, -0.05) is 0 Å². The summed E-state index contributed by atoms with van der Waals surface area (Å²) in [5, 5.41) is 10.0. The van der Waals surface area contributed by atoms with Crippen LogP contribution in [0.3, 0.4) is 0 Å². The first-order valence-corrected chi connectivity index (χ1v) is 4.90. The number of hydrogen-bond acceptors (Lipinski definition) is 5. The molecule has 0 aliphatic heterocycles. The number of nitrogens with one attached hydrogen (secondary N) is 1. The Morgan fingerprint density at radius 3 is 2.59 bits per heavy atom. The van der Waals surface area contributed by atoms with Gasteiger partial charge in [-0.25, -0.2) is 4.79 Å². The number of nitrogens with zero attached hydrogens (tertiary/aromatic N) is 2. The van der Waals surface area contributed by atoms with Gasteiger partial charge in [0.15, 0.2) is 0 Å². The van der Waals surface area contributed by atoms with Crippen molar-refractivity contribution >= 4 is 23.6 Å². The predicted octanol–water partition coefficient (Wildman–Crippen LogP) is 0.212. The minimum Gasteiger partial charge on any atom is -0.480 e. The lowest BCUT2D eigenvalue weighted by Crippen LogP contribution is -2.47. The molecular weight excluding hydrogens is 263 g/mol. The first-order chi connectivity index (χ1) is 7.80. The van der Waals surface area contributed by atoms with E-state index >= 15 is 0 Å². The molecule has 2 N–H and O–H groups in total. The summed E-state index contributed by atoms with van der Waals surface area (Å²) >= 11 is 0.790. The Kier molecular flexibility index (Phi) is 3.99. The molecule has 1 rings (SSSR count). The summed E-state index contributed by atoms with van der Waals surface area (Å²) in [5.41, 5.74) is 0.199. The number of carbonyl (C=O) groups is 2. The Labute approximate surface area is 96.8 Å². The van der Waals surface area contributed by atoms with Crippen LogP contribution in [0.4, 0.5) is 13.2 Å². The number of carbonyl (C=O) groups excluding carboxylic acids is 1. The molecule has 10 heteroatoms. The van der Waals surface area contributed by atoms with Crippen LogP contribution in [-0.2, 0) is 16.0 Å². The first-order valence-electron chi connectivity index (χ1n) is 4.17. The topological polar surface area (TPSA) is 92.2 Å². The zero-order chi connectivity index (χ0) is 13.1. The van der Waals surface area contributed by atoms with E-state index in [4.69, 9.17) is 5.11 Å². The van der Waals surface area contributed by atoms with Crippen molar-refractivity contribution in [1.29, 1.82) is 0 Å². The molecule has 1 amide bonds. The van der Waals surface area contributed by atoms with Crippen molar-refractivity contribution in [3.8, 4) is 0 Å². The van der Waals surface area contributed by atoms with Crippen LogP contribution in [0.25, 0.3) is 0 Å². The highest BCUT2D eigenvalue weighted by Gasteiger charge is 2.40. The maximum Gasteiger partial charge on any atom is 0.471 e. The molecule has 1 aromatic rings. The van der Waals surface area contributed by atoms with Crippen LogP contribution in [0.1, 0.15) is 5.69 Å². The van der Waals surface area contributed by atoms with Crippen LogP contribution in [0, 0.1) is 0 Å². The number of carboxylic acid groups (broad SMARTS) is 1. The largest absolute Gasteiger partial charge is 0.480 e. The van der Waals surface area contributed by atoms with E-state index < -0.39 is 24.1 Å². The Morgan fingerprint density at radius 1 is 1.53 bits per heavy atom. The highest BCUT2D eigenvalue weighted by Crippen LogP contribution is 2.15. The number of rotatable bonds is 4. The summed E-state index contributed by atoms with van der Waals surface area (Å²) in [4.78, 5) is 21.2. The van der Waals surface area contributed by atoms with Gasteiger partial charge < -0.3 is 10.4 Å². The molecule has 1 aromatic heterocycles. The van der Waals surface area contributed by atoms with Gasteiger partial charge in [0.1, 0.15) is 6.04 Å². The van der Waals surface area contributed by atoms with Crippen molar-refractivity contribution in [2.45, 2.75) is 18.6 Å². The summed E-state index contributed by atoms with van der Waals surface area (Å²) < 4.78 is 43.0. The van der Waals surface area contributed by atoms with Crippen molar-refractivity contribution < 1.29 is 27.9 Å². The van der Waals surface area contributed by atoms with E-state index in [1.165, 1.54) is 11.5 Å². The standard InChI is InChI=1S/C7H6F3N3O3S/c8-7(9,10)6(16)12-4(5(14)15)1-3-2-11-17-13-3/h2,4H,1H2,(H,12,16)(H,14,15). The number of carboxylic acids is 1. The molecule has 0 aliphatic carbocycles. The molecule has 6 nitrogen and oxygen atoms in total. The minimum absolute atomic E-state index is 0.199. The molecule has 0 aliphatic rings. The highest BCUT2D eigenvalue weighted by atomic mass is 32.1. The lowest BCUT2D eigenvalue weighted by molar-refractivity contribution is -0.175. The zero-order valence-electron chi connectivity index (χ0n) is 8.06. The highest BCUT2D eigenvalue weighted by molar-refractivity contribution is 6.99. The number of halogens is 3. The first kappa shape index (κ1) is 13.4. The van der Waals surface area contributed by atoms with Gasteiger partial charge in [0.25, 0.3) is 0 Å².